The predicted molar refractivity (Wildman–Crippen MR) is 175 cm³/mol. The quantitative estimate of drug-likeness (QED) is 0.166. The largest absolute Gasteiger partial charge is 1.00 e. The Labute approximate surface area is 300 Å². The Kier molecular flexibility index (Phi) is 9.18. The van der Waals surface area contributed by atoms with E-state index in [0.717, 1.165) is 68.7 Å². The third-order valence-electron chi connectivity index (χ3n) is 9.36. The summed E-state index contributed by atoms with van der Waals surface area (Å²) in [5, 5.41) is 15.2. The van der Waals surface area contributed by atoms with Crippen molar-refractivity contribution < 1.29 is 53.8 Å². The molecule has 2 fully saturated rings. The smallest absolute Gasteiger partial charge is 0.546 e. The van der Waals surface area contributed by atoms with Crippen molar-refractivity contribution >= 4 is 27.8 Å². The zero-order chi connectivity index (χ0) is 31.8. The minimum atomic E-state index is -1.20. The number of hydroxylamine groups is 2. The van der Waals surface area contributed by atoms with Gasteiger partial charge in [-0.3, -0.25) is 4.84 Å². The van der Waals surface area contributed by atoms with Crippen LogP contribution in [0.15, 0.2) is 121 Å². The van der Waals surface area contributed by atoms with Gasteiger partial charge in [-0.05, 0) is 78.9 Å². The van der Waals surface area contributed by atoms with E-state index < -0.39 is 12.2 Å². The Hall–Kier alpha value is -4.31. The maximum atomic E-state index is 11.4. The Morgan fingerprint density at radius 3 is 1.71 bits per heavy atom. The fraction of sp³-hybridized carbons (Fsp3) is 0.205. The standard InChI is InChI=1S/C39H33N3O5.Na/c43-38(44)37-42(47-37)32-21-22-39(23-32,28-11-17-33(18-12-28)45-24-30-15-9-26-5-1-3-7-35(26)40-30)29-13-19-34(20-14-29)46-25-31-16-10-27-6-2-4-8-36(27)41-31;/h1-20,32,37H,21-25H2,(H,43,44);/q;+1/p-1. The molecule has 48 heavy (non-hydrogen) atoms. The number of fused-ring (bicyclic) bond motifs is 2. The van der Waals surface area contributed by atoms with Gasteiger partial charge in [0.15, 0.2) is 6.23 Å². The number of nitrogens with zero attached hydrogens (tertiary/aromatic N) is 3. The molecule has 1 aliphatic carbocycles. The summed E-state index contributed by atoms with van der Waals surface area (Å²) >= 11 is 0. The van der Waals surface area contributed by atoms with Crippen LogP contribution in [0.3, 0.4) is 0 Å². The van der Waals surface area contributed by atoms with E-state index in [1.807, 2.05) is 84.9 Å². The maximum absolute atomic E-state index is 11.4. The first-order chi connectivity index (χ1) is 23.0. The van der Waals surface area contributed by atoms with E-state index in [4.69, 9.17) is 24.3 Å². The SMILES string of the molecule is O=C([O-])C1ON1C1CCC(c2ccc(OCc3ccc4ccccc4n3)cc2)(c2ccc(OCc3ccc4ccccc4n3)cc2)C1.[Na+]. The van der Waals surface area contributed by atoms with Gasteiger partial charge in [0.25, 0.3) is 0 Å². The van der Waals surface area contributed by atoms with Gasteiger partial charge in [-0.15, -0.1) is 5.06 Å². The van der Waals surface area contributed by atoms with Crippen LogP contribution in [0.1, 0.15) is 41.8 Å². The molecule has 3 heterocycles. The molecular weight excluding hydrogens is 613 g/mol. The molecule has 0 N–H and O–H groups in total. The van der Waals surface area contributed by atoms with E-state index in [1.165, 1.54) is 0 Å². The van der Waals surface area contributed by atoms with E-state index in [2.05, 4.69) is 36.4 Å². The van der Waals surface area contributed by atoms with Crippen molar-refractivity contribution in [3.63, 3.8) is 0 Å². The monoisotopic (exact) mass is 645 g/mol. The number of hydrogen-bond donors (Lipinski definition) is 0. The molecule has 234 valence electrons. The van der Waals surface area contributed by atoms with Crippen molar-refractivity contribution in [1.29, 1.82) is 0 Å². The number of carboxylic acids is 1. The van der Waals surface area contributed by atoms with Crippen LogP contribution in [-0.2, 0) is 28.3 Å². The minimum absolute atomic E-state index is 0. The van der Waals surface area contributed by atoms with E-state index >= 15 is 0 Å². The van der Waals surface area contributed by atoms with Gasteiger partial charge >= 0.3 is 29.6 Å². The molecular formula is C39H32N3NaO5. The normalized spacial score (nSPS) is 19.5. The number of carboxylic acid groups (broad SMARTS) is 1. The number of aromatic nitrogens is 2. The molecule has 3 atom stereocenters. The molecule has 1 aliphatic heterocycles. The molecule has 1 saturated carbocycles. The molecule has 3 unspecified atom stereocenters. The van der Waals surface area contributed by atoms with Crippen molar-refractivity contribution in [3.05, 3.63) is 144 Å². The summed E-state index contributed by atoms with van der Waals surface area (Å²) in [6.07, 6.45) is 1.36. The van der Waals surface area contributed by atoms with Crippen LogP contribution in [0.2, 0.25) is 0 Å². The number of pyridine rings is 2. The Morgan fingerprint density at radius 2 is 1.23 bits per heavy atom. The summed E-state index contributed by atoms with van der Waals surface area (Å²) in [6.45, 7) is 0.731. The predicted octanol–water partition coefficient (Wildman–Crippen LogP) is 3.11. The number of rotatable bonds is 10. The second-order valence-electron chi connectivity index (χ2n) is 12.2. The third kappa shape index (κ3) is 6.55. The molecule has 8 nitrogen and oxygen atoms in total. The molecule has 0 amide bonds. The zero-order valence-electron chi connectivity index (χ0n) is 26.6. The molecule has 8 rings (SSSR count). The molecule has 0 radical (unpaired) electrons. The minimum Gasteiger partial charge on any atom is -0.546 e. The average molecular weight is 646 g/mol. The summed E-state index contributed by atoms with van der Waals surface area (Å²) in [4.78, 5) is 26.3. The summed E-state index contributed by atoms with van der Waals surface area (Å²) < 4.78 is 12.3. The van der Waals surface area contributed by atoms with Crippen molar-refractivity contribution in [3.8, 4) is 11.5 Å². The van der Waals surface area contributed by atoms with Crippen LogP contribution >= 0.6 is 0 Å². The van der Waals surface area contributed by atoms with Crippen LogP contribution in [0.25, 0.3) is 21.8 Å². The van der Waals surface area contributed by atoms with Crippen molar-refractivity contribution in [2.75, 3.05) is 0 Å². The van der Waals surface area contributed by atoms with Gasteiger partial charge in [-0.25, -0.2) is 9.97 Å². The van der Waals surface area contributed by atoms with Crippen LogP contribution in [0, 0.1) is 0 Å². The van der Waals surface area contributed by atoms with Gasteiger partial charge < -0.3 is 19.4 Å². The second kappa shape index (κ2) is 13.7. The summed E-state index contributed by atoms with van der Waals surface area (Å²) in [5.74, 6) is 0.309. The Balaban J connectivity index is 0.00000364. The van der Waals surface area contributed by atoms with Crippen molar-refractivity contribution in [2.24, 2.45) is 0 Å². The number of benzene rings is 4. The molecule has 9 heteroatoms. The first-order valence-electron chi connectivity index (χ1n) is 15.9. The van der Waals surface area contributed by atoms with E-state index in [-0.39, 0.29) is 41.0 Å². The van der Waals surface area contributed by atoms with Crippen LogP contribution in [0.5, 0.6) is 11.5 Å². The van der Waals surface area contributed by atoms with E-state index in [9.17, 15) is 9.90 Å². The van der Waals surface area contributed by atoms with Gasteiger partial charge in [0.1, 0.15) is 24.7 Å². The van der Waals surface area contributed by atoms with Gasteiger partial charge in [-0.2, -0.15) is 0 Å². The number of hydrogen-bond acceptors (Lipinski definition) is 8. The molecule has 1 saturated heterocycles. The molecule has 2 aliphatic rings. The number of carbonyl (C=O) groups is 1. The summed E-state index contributed by atoms with van der Waals surface area (Å²) in [5.41, 5.74) is 5.54. The van der Waals surface area contributed by atoms with Gasteiger partial charge in [0.2, 0.25) is 0 Å². The fourth-order valence-electron chi connectivity index (χ4n) is 6.87. The first kappa shape index (κ1) is 32.2. The Morgan fingerprint density at radius 1 is 0.729 bits per heavy atom. The van der Waals surface area contributed by atoms with Crippen molar-refractivity contribution in [2.45, 2.75) is 50.2 Å². The number of aliphatic carboxylic acids is 1. The maximum Gasteiger partial charge on any atom is 1.00 e. The number of carbonyl (C=O) groups excluding carboxylic acids is 1. The zero-order valence-corrected chi connectivity index (χ0v) is 28.6. The first-order valence-corrected chi connectivity index (χ1v) is 15.9. The van der Waals surface area contributed by atoms with Crippen LogP contribution in [-0.4, -0.2) is 33.3 Å². The Bertz CT molecular complexity index is 1940. The summed E-state index contributed by atoms with van der Waals surface area (Å²) in [7, 11) is 0. The molecule has 6 aromatic rings. The second-order valence-corrected chi connectivity index (χ2v) is 12.2. The van der Waals surface area contributed by atoms with Gasteiger partial charge in [0, 0.05) is 22.2 Å². The molecule has 0 spiro atoms. The van der Waals surface area contributed by atoms with Gasteiger partial charge in [-0.1, -0.05) is 72.8 Å². The van der Waals surface area contributed by atoms with E-state index in [1.54, 1.807) is 5.06 Å². The van der Waals surface area contributed by atoms with Crippen LogP contribution < -0.4 is 44.1 Å². The van der Waals surface area contributed by atoms with Gasteiger partial charge in [0.05, 0.1) is 28.4 Å². The summed E-state index contributed by atoms with van der Waals surface area (Å²) in [6, 6.07) is 40.6. The van der Waals surface area contributed by atoms with E-state index in [0.29, 0.717) is 19.6 Å². The molecule has 4 aromatic carbocycles. The fourth-order valence-corrected chi connectivity index (χ4v) is 6.87. The number of ether oxygens (including phenoxy) is 2. The third-order valence-corrected chi connectivity index (χ3v) is 9.36. The molecule has 2 aromatic heterocycles. The van der Waals surface area contributed by atoms with Crippen LogP contribution in [0.4, 0.5) is 0 Å². The van der Waals surface area contributed by atoms with Crippen molar-refractivity contribution in [1.82, 2.24) is 15.0 Å². The molecule has 0 bridgehead atoms. The topological polar surface area (TPSA) is 99.9 Å². The average Bonchev–Trinajstić information content (AvgIpc) is 3.81. The number of para-hydroxylation sites is 2.